The van der Waals surface area contributed by atoms with Crippen molar-refractivity contribution in [3.63, 3.8) is 0 Å². The number of hydrogen-bond acceptors (Lipinski definition) is 1. The Kier molecular flexibility index (Phi) is 6.39. The van der Waals surface area contributed by atoms with E-state index in [9.17, 15) is 0 Å². The van der Waals surface area contributed by atoms with Crippen molar-refractivity contribution < 1.29 is 4.43 Å². The molecule has 3 heteroatoms. The van der Waals surface area contributed by atoms with Gasteiger partial charge in [-0.25, -0.2) is 0 Å². The molecule has 1 atom stereocenters. The van der Waals surface area contributed by atoms with E-state index in [1.165, 1.54) is 0 Å². The molecule has 0 aliphatic carbocycles. The predicted molar refractivity (Wildman–Crippen MR) is 88.1 cm³/mol. The summed E-state index contributed by atoms with van der Waals surface area (Å²) in [6.07, 6.45) is 1.06. The van der Waals surface area contributed by atoms with E-state index in [0.717, 1.165) is 13.0 Å². The van der Waals surface area contributed by atoms with Crippen LogP contribution in [0.15, 0.2) is 0 Å². The highest BCUT2D eigenvalue weighted by atomic mass is 28.4. The molecule has 0 radical (unpaired) electrons. The van der Waals surface area contributed by atoms with Crippen molar-refractivity contribution in [2.24, 2.45) is 5.92 Å². The first-order chi connectivity index (χ1) is 7.85. The molecule has 106 valence electrons. The molecule has 18 heavy (non-hydrogen) atoms. The molecule has 0 aromatic rings. The third-order valence-electron chi connectivity index (χ3n) is 3.51. The van der Waals surface area contributed by atoms with Gasteiger partial charge in [-0.1, -0.05) is 47.3 Å². The summed E-state index contributed by atoms with van der Waals surface area (Å²) in [5, 5.41) is 0.306. The summed E-state index contributed by atoms with van der Waals surface area (Å²) in [5.74, 6) is 3.85. The minimum atomic E-state index is -1.57. The van der Waals surface area contributed by atoms with E-state index in [2.05, 4.69) is 71.9 Å². The summed E-state index contributed by atoms with van der Waals surface area (Å²) in [6, 6.07) is 0. The fourth-order valence-electron chi connectivity index (χ4n) is 1.12. The van der Waals surface area contributed by atoms with Crippen LogP contribution in [0.2, 0.25) is 37.8 Å². The Bertz CT molecular complexity index is 310. The monoisotopic (exact) mass is 284 g/mol. The van der Waals surface area contributed by atoms with E-state index in [-0.39, 0.29) is 0 Å². The molecule has 0 amide bonds. The van der Waals surface area contributed by atoms with Crippen LogP contribution < -0.4 is 0 Å². The summed E-state index contributed by atoms with van der Waals surface area (Å²) in [6.45, 7) is 21.4. The quantitative estimate of drug-likeness (QED) is 0.526. The predicted octanol–water partition coefficient (Wildman–Crippen LogP) is 4.92. The minimum absolute atomic E-state index is 0.306. The van der Waals surface area contributed by atoms with Gasteiger partial charge in [-0.15, -0.1) is 11.5 Å². The second-order valence-electron chi connectivity index (χ2n) is 7.82. The van der Waals surface area contributed by atoms with Crippen LogP contribution in [0.5, 0.6) is 0 Å². The molecular formula is C15H32OSi2. The lowest BCUT2D eigenvalue weighted by Gasteiger charge is -2.36. The zero-order valence-corrected chi connectivity index (χ0v) is 15.9. The average molecular weight is 285 g/mol. The van der Waals surface area contributed by atoms with Crippen molar-refractivity contribution in [3.05, 3.63) is 0 Å². The molecular weight excluding hydrogens is 252 g/mol. The van der Waals surface area contributed by atoms with Crippen LogP contribution in [0.3, 0.4) is 0 Å². The second kappa shape index (κ2) is 6.41. The lowest BCUT2D eigenvalue weighted by atomic mass is 10.1. The Morgan fingerprint density at radius 1 is 1.06 bits per heavy atom. The highest BCUT2D eigenvalue weighted by molar-refractivity contribution is 6.83. The van der Waals surface area contributed by atoms with Crippen LogP contribution >= 0.6 is 0 Å². The normalized spacial score (nSPS) is 14.9. The molecule has 0 rings (SSSR count). The highest BCUT2D eigenvalue weighted by Gasteiger charge is 2.36. The van der Waals surface area contributed by atoms with Crippen LogP contribution in [-0.2, 0) is 4.43 Å². The van der Waals surface area contributed by atoms with E-state index >= 15 is 0 Å². The molecule has 0 aliphatic heterocycles. The Balaban J connectivity index is 4.17. The smallest absolute Gasteiger partial charge is 0.191 e. The van der Waals surface area contributed by atoms with Crippen molar-refractivity contribution in [2.45, 2.75) is 71.9 Å². The molecule has 0 saturated carbocycles. The standard InChI is InChI=1S/C15H32OSi2/c1-14(11-13-17(5,6)7)10-12-16-18(8,9)15(2,3)4/h14H,10,12H2,1-9H3/t14-/m0/s1. The molecule has 0 aromatic heterocycles. The van der Waals surface area contributed by atoms with Crippen molar-refractivity contribution in [1.82, 2.24) is 0 Å². The summed E-state index contributed by atoms with van der Waals surface area (Å²) in [5.41, 5.74) is 3.44. The van der Waals surface area contributed by atoms with Gasteiger partial charge in [0.25, 0.3) is 0 Å². The van der Waals surface area contributed by atoms with Crippen molar-refractivity contribution >= 4 is 16.4 Å². The fourth-order valence-corrected chi connectivity index (χ4v) is 2.86. The van der Waals surface area contributed by atoms with Crippen LogP contribution in [-0.4, -0.2) is 23.0 Å². The molecule has 0 N–H and O–H groups in total. The fraction of sp³-hybridized carbons (Fsp3) is 0.867. The van der Waals surface area contributed by atoms with Crippen LogP contribution in [0.25, 0.3) is 0 Å². The number of hydrogen-bond donors (Lipinski definition) is 0. The molecule has 0 spiro atoms. The summed E-state index contributed by atoms with van der Waals surface area (Å²) >= 11 is 0. The van der Waals surface area contributed by atoms with Crippen molar-refractivity contribution in [2.75, 3.05) is 6.61 Å². The largest absolute Gasteiger partial charge is 0.417 e. The number of rotatable bonds is 4. The van der Waals surface area contributed by atoms with Gasteiger partial charge in [0.05, 0.1) is 0 Å². The van der Waals surface area contributed by atoms with Crippen LogP contribution in [0, 0.1) is 17.4 Å². The van der Waals surface area contributed by atoms with Gasteiger partial charge in [-0.2, -0.15) is 0 Å². The molecule has 0 aromatic carbocycles. The van der Waals surface area contributed by atoms with E-state index < -0.39 is 16.4 Å². The average Bonchev–Trinajstić information content (AvgIpc) is 2.11. The van der Waals surface area contributed by atoms with E-state index in [1.807, 2.05) is 0 Å². The first-order valence-corrected chi connectivity index (χ1v) is 13.4. The molecule has 1 nitrogen and oxygen atoms in total. The maximum atomic E-state index is 6.18. The van der Waals surface area contributed by atoms with Gasteiger partial charge in [0, 0.05) is 12.5 Å². The van der Waals surface area contributed by atoms with Gasteiger partial charge >= 0.3 is 0 Å². The van der Waals surface area contributed by atoms with Crippen LogP contribution in [0.4, 0.5) is 0 Å². The Morgan fingerprint density at radius 3 is 1.94 bits per heavy atom. The van der Waals surface area contributed by atoms with E-state index in [4.69, 9.17) is 4.43 Å². The molecule has 0 heterocycles. The Morgan fingerprint density at radius 2 is 1.56 bits per heavy atom. The molecule has 0 fully saturated rings. The summed E-state index contributed by atoms with van der Waals surface area (Å²) < 4.78 is 6.18. The second-order valence-corrected chi connectivity index (χ2v) is 17.4. The third-order valence-corrected chi connectivity index (χ3v) is 8.95. The Hall–Kier alpha value is -0.0462. The third kappa shape index (κ3) is 7.40. The SMILES string of the molecule is C[C@H](C#C[Si](C)(C)C)CCO[Si](C)(C)C(C)(C)C. The minimum Gasteiger partial charge on any atom is -0.417 e. The maximum Gasteiger partial charge on any atom is 0.191 e. The van der Waals surface area contributed by atoms with Gasteiger partial charge in [-0.3, -0.25) is 0 Å². The van der Waals surface area contributed by atoms with Gasteiger partial charge < -0.3 is 4.43 Å². The van der Waals surface area contributed by atoms with E-state index in [0.29, 0.717) is 11.0 Å². The molecule has 0 saturated heterocycles. The van der Waals surface area contributed by atoms with Crippen LogP contribution in [0.1, 0.15) is 34.1 Å². The first kappa shape index (κ1) is 18.0. The molecule has 0 bridgehead atoms. The van der Waals surface area contributed by atoms with Gasteiger partial charge in [0.15, 0.2) is 8.32 Å². The lowest BCUT2D eigenvalue weighted by Crippen LogP contribution is -2.41. The van der Waals surface area contributed by atoms with E-state index in [1.54, 1.807) is 0 Å². The Labute approximate surface area is 117 Å². The first-order valence-electron chi connectivity index (χ1n) is 7.02. The summed E-state index contributed by atoms with van der Waals surface area (Å²) in [4.78, 5) is 0. The van der Waals surface area contributed by atoms with Crippen molar-refractivity contribution in [3.8, 4) is 11.5 Å². The van der Waals surface area contributed by atoms with Crippen molar-refractivity contribution in [1.29, 1.82) is 0 Å². The molecule has 0 aliphatic rings. The zero-order chi connectivity index (χ0) is 14.6. The zero-order valence-electron chi connectivity index (χ0n) is 13.9. The lowest BCUT2D eigenvalue weighted by molar-refractivity contribution is 0.271. The van der Waals surface area contributed by atoms with Gasteiger partial charge in [0.1, 0.15) is 8.07 Å². The van der Waals surface area contributed by atoms with Gasteiger partial charge in [-0.05, 0) is 24.6 Å². The molecule has 0 unspecified atom stereocenters. The highest BCUT2D eigenvalue weighted by Crippen LogP contribution is 2.36. The maximum absolute atomic E-state index is 6.18. The van der Waals surface area contributed by atoms with Gasteiger partial charge in [0.2, 0.25) is 0 Å². The topological polar surface area (TPSA) is 9.23 Å². The summed E-state index contributed by atoms with van der Waals surface area (Å²) in [7, 11) is -2.79.